The molecule has 4 nitrogen and oxygen atoms in total. The number of benzene rings is 1. The van der Waals surface area contributed by atoms with E-state index in [1.54, 1.807) is 6.92 Å². The van der Waals surface area contributed by atoms with Crippen LogP contribution in [0.1, 0.15) is 22.8 Å². The number of hydrogen-bond donors (Lipinski definition) is 1. The topological polar surface area (TPSA) is 49.8 Å². The van der Waals surface area contributed by atoms with Gasteiger partial charge in [0, 0.05) is 6.54 Å². The zero-order valence-corrected chi connectivity index (χ0v) is 11.7. The maximum atomic E-state index is 13.1. The van der Waals surface area contributed by atoms with Gasteiger partial charge < -0.3 is 14.7 Å². The standard InChI is InChI=1S/C14H15F4NO3/c1-8-7-22-10(6-20)5-19(8)13(21)11-3-2-9(15)4-12(11)14(16,17)18/h2-4,8,10,20H,5-7H2,1H3. The minimum absolute atomic E-state index is 0.0226. The highest BCUT2D eigenvalue weighted by molar-refractivity contribution is 5.96. The predicted octanol–water partition coefficient (Wildman–Crippen LogP) is 2.07. The average molecular weight is 321 g/mol. The van der Waals surface area contributed by atoms with Crippen LogP contribution < -0.4 is 0 Å². The van der Waals surface area contributed by atoms with Crippen molar-refractivity contribution in [2.75, 3.05) is 19.8 Å². The van der Waals surface area contributed by atoms with Crippen LogP contribution in [0.15, 0.2) is 18.2 Å². The molecule has 0 bridgehead atoms. The molecule has 0 aliphatic carbocycles. The van der Waals surface area contributed by atoms with Gasteiger partial charge in [-0.15, -0.1) is 0 Å². The first-order valence-electron chi connectivity index (χ1n) is 6.64. The second-order valence-electron chi connectivity index (χ2n) is 5.13. The number of ether oxygens (including phenoxy) is 1. The van der Waals surface area contributed by atoms with Gasteiger partial charge in [0.15, 0.2) is 0 Å². The van der Waals surface area contributed by atoms with Crippen LogP contribution in [0.25, 0.3) is 0 Å². The van der Waals surface area contributed by atoms with Crippen molar-refractivity contribution in [1.29, 1.82) is 0 Å². The van der Waals surface area contributed by atoms with Crippen molar-refractivity contribution in [1.82, 2.24) is 4.90 Å². The summed E-state index contributed by atoms with van der Waals surface area (Å²) in [5, 5.41) is 9.08. The van der Waals surface area contributed by atoms with Gasteiger partial charge in [0.05, 0.1) is 36.5 Å². The molecule has 1 aliphatic rings. The number of aliphatic hydroxyl groups excluding tert-OH is 1. The highest BCUT2D eigenvalue weighted by Gasteiger charge is 2.38. The Balaban J connectivity index is 2.36. The maximum absolute atomic E-state index is 13.1. The van der Waals surface area contributed by atoms with Crippen molar-refractivity contribution in [3.05, 3.63) is 35.1 Å². The van der Waals surface area contributed by atoms with Crippen molar-refractivity contribution < 1.29 is 32.2 Å². The van der Waals surface area contributed by atoms with Crippen LogP contribution in [0, 0.1) is 5.82 Å². The summed E-state index contributed by atoms with van der Waals surface area (Å²) in [6.07, 6.45) is -5.48. The molecule has 1 N–H and O–H groups in total. The van der Waals surface area contributed by atoms with Crippen LogP contribution in [0.3, 0.4) is 0 Å². The molecular weight excluding hydrogens is 306 g/mol. The van der Waals surface area contributed by atoms with Crippen LogP contribution >= 0.6 is 0 Å². The number of halogens is 4. The molecule has 1 aromatic rings. The van der Waals surface area contributed by atoms with Crippen molar-refractivity contribution in [2.45, 2.75) is 25.2 Å². The lowest BCUT2D eigenvalue weighted by Crippen LogP contribution is -2.52. The summed E-state index contributed by atoms with van der Waals surface area (Å²) in [7, 11) is 0. The number of carbonyl (C=O) groups is 1. The quantitative estimate of drug-likeness (QED) is 0.849. The molecule has 8 heteroatoms. The van der Waals surface area contributed by atoms with Crippen molar-refractivity contribution >= 4 is 5.91 Å². The van der Waals surface area contributed by atoms with Gasteiger partial charge in [0.1, 0.15) is 5.82 Å². The molecule has 0 radical (unpaired) electrons. The highest BCUT2D eigenvalue weighted by Crippen LogP contribution is 2.33. The zero-order chi connectivity index (χ0) is 16.5. The molecule has 1 aromatic carbocycles. The largest absolute Gasteiger partial charge is 0.417 e. The van der Waals surface area contributed by atoms with Crippen LogP contribution in [0.5, 0.6) is 0 Å². The number of hydrogen-bond acceptors (Lipinski definition) is 3. The lowest BCUT2D eigenvalue weighted by Gasteiger charge is -2.37. The molecule has 1 aliphatic heterocycles. The molecular formula is C14H15F4NO3. The van der Waals surface area contributed by atoms with E-state index in [4.69, 9.17) is 9.84 Å². The van der Waals surface area contributed by atoms with E-state index in [-0.39, 0.29) is 19.8 Å². The van der Waals surface area contributed by atoms with Crippen LogP contribution in [0.2, 0.25) is 0 Å². The van der Waals surface area contributed by atoms with Crippen LogP contribution in [0.4, 0.5) is 17.6 Å². The SMILES string of the molecule is CC1COC(CO)CN1C(=O)c1ccc(F)cc1C(F)(F)F. The van der Waals surface area contributed by atoms with E-state index in [1.165, 1.54) is 4.90 Å². The third kappa shape index (κ3) is 3.38. The van der Waals surface area contributed by atoms with E-state index in [0.717, 1.165) is 12.1 Å². The number of rotatable bonds is 2. The molecule has 1 heterocycles. The van der Waals surface area contributed by atoms with Gasteiger partial charge in [0.25, 0.3) is 5.91 Å². The van der Waals surface area contributed by atoms with Gasteiger partial charge >= 0.3 is 6.18 Å². The van der Waals surface area contributed by atoms with E-state index in [2.05, 4.69) is 0 Å². The van der Waals surface area contributed by atoms with Crippen molar-refractivity contribution in [3.63, 3.8) is 0 Å². The summed E-state index contributed by atoms with van der Waals surface area (Å²) in [6.45, 7) is 1.37. The number of amides is 1. The Morgan fingerprint density at radius 3 is 2.73 bits per heavy atom. The summed E-state index contributed by atoms with van der Waals surface area (Å²) in [5.41, 5.74) is -1.92. The minimum Gasteiger partial charge on any atom is -0.394 e. The second-order valence-corrected chi connectivity index (χ2v) is 5.13. The first-order chi connectivity index (χ1) is 10.2. The number of carbonyl (C=O) groups excluding carboxylic acids is 1. The molecule has 122 valence electrons. The highest BCUT2D eigenvalue weighted by atomic mass is 19.4. The molecule has 0 spiro atoms. The summed E-state index contributed by atoms with van der Waals surface area (Å²) < 4.78 is 57.3. The minimum atomic E-state index is -4.83. The van der Waals surface area contributed by atoms with Crippen molar-refractivity contribution in [2.24, 2.45) is 0 Å². The van der Waals surface area contributed by atoms with E-state index in [1.807, 2.05) is 0 Å². The zero-order valence-electron chi connectivity index (χ0n) is 11.7. The normalized spacial score (nSPS) is 22.7. The Kier molecular flexibility index (Phi) is 4.72. The Morgan fingerprint density at radius 1 is 1.45 bits per heavy atom. The molecule has 1 saturated heterocycles. The summed E-state index contributed by atoms with van der Waals surface area (Å²) in [5.74, 6) is -1.92. The molecule has 1 fully saturated rings. The molecule has 0 saturated carbocycles. The fraction of sp³-hybridized carbons (Fsp3) is 0.500. The molecule has 2 atom stereocenters. The van der Waals surface area contributed by atoms with Crippen molar-refractivity contribution in [3.8, 4) is 0 Å². The Morgan fingerprint density at radius 2 is 2.14 bits per heavy atom. The Labute approximate surface area is 124 Å². The van der Waals surface area contributed by atoms with Crippen LogP contribution in [-0.4, -0.2) is 47.8 Å². The van der Waals surface area contributed by atoms with Gasteiger partial charge in [0.2, 0.25) is 0 Å². The van der Waals surface area contributed by atoms with Gasteiger partial charge in [-0.25, -0.2) is 4.39 Å². The molecule has 2 rings (SSSR count). The first kappa shape index (κ1) is 16.7. The Hall–Kier alpha value is -1.67. The van der Waals surface area contributed by atoms with Gasteiger partial charge in [-0.1, -0.05) is 0 Å². The summed E-state index contributed by atoms with van der Waals surface area (Å²) in [4.78, 5) is 13.6. The first-order valence-corrected chi connectivity index (χ1v) is 6.64. The summed E-state index contributed by atoms with van der Waals surface area (Å²) >= 11 is 0. The number of nitrogens with zero attached hydrogens (tertiary/aromatic N) is 1. The smallest absolute Gasteiger partial charge is 0.394 e. The fourth-order valence-electron chi connectivity index (χ4n) is 2.30. The molecule has 0 aromatic heterocycles. The lowest BCUT2D eigenvalue weighted by atomic mass is 10.0. The van der Waals surface area contributed by atoms with Gasteiger partial charge in [-0.3, -0.25) is 4.79 Å². The third-order valence-corrected chi connectivity index (χ3v) is 3.49. The van der Waals surface area contributed by atoms with E-state index in [9.17, 15) is 22.4 Å². The number of morpholine rings is 1. The second kappa shape index (κ2) is 6.21. The monoisotopic (exact) mass is 321 g/mol. The fourth-order valence-corrected chi connectivity index (χ4v) is 2.30. The van der Waals surface area contributed by atoms with E-state index >= 15 is 0 Å². The van der Waals surface area contributed by atoms with Gasteiger partial charge in [-0.2, -0.15) is 13.2 Å². The predicted molar refractivity (Wildman–Crippen MR) is 68.7 cm³/mol. The van der Waals surface area contributed by atoms with Gasteiger partial charge in [-0.05, 0) is 25.1 Å². The van der Waals surface area contributed by atoms with Crippen LogP contribution in [-0.2, 0) is 10.9 Å². The molecule has 2 unspecified atom stereocenters. The maximum Gasteiger partial charge on any atom is 0.417 e. The third-order valence-electron chi connectivity index (χ3n) is 3.49. The number of alkyl halides is 3. The average Bonchev–Trinajstić information content (AvgIpc) is 2.46. The summed E-state index contributed by atoms with van der Waals surface area (Å²) in [6, 6.07) is 1.51. The lowest BCUT2D eigenvalue weighted by molar-refractivity contribution is -0.138. The Bertz CT molecular complexity index is 562. The molecule has 1 amide bonds. The van der Waals surface area contributed by atoms with E-state index in [0.29, 0.717) is 6.07 Å². The number of aliphatic hydroxyl groups is 1. The van der Waals surface area contributed by atoms with E-state index < -0.39 is 41.2 Å². The molecule has 22 heavy (non-hydrogen) atoms.